The summed E-state index contributed by atoms with van der Waals surface area (Å²) in [4.78, 5) is 0. The van der Waals surface area contributed by atoms with Gasteiger partial charge >= 0.3 is 0 Å². The van der Waals surface area contributed by atoms with Crippen LogP contribution < -0.4 is 5.32 Å². The summed E-state index contributed by atoms with van der Waals surface area (Å²) in [5, 5.41) is 3.64. The fourth-order valence-electron chi connectivity index (χ4n) is 3.33. The van der Waals surface area contributed by atoms with E-state index in [9.17, 15) is 0 Å². The van der Waals surface area contributed by atoms with Crippen LogP contribution in [0.5, 0.6) is 0 Å². The zero-order valence-corrected chi connectivity index (χ0v) is 8.40. The molecule has 70 valence electrons. The van der Waals surface area contributed by atoms with Crippen LogP contribution in [0.15, 0.2) is 0 Å². The molecule has 2 saturated carbocycles. The SMILES string of the molecule is CCNC1CCC12CCC2CC. The van der Waals surface area contributed by atoms with Crippen molar-refractivity contribution in [1.82, 2.24) is 5.32 Å². The molecule has 0 aromatic heterocycles. The van der Waals surface area contributed by atoms with E-state index >= 15 is 0 Å². The third kappa shape index (κ3) is 0.953. The smallest absolute Gasteiger partial charge is 0.0126 e. The van der Waals surface area contributed by atoms with Crippen LogP contribution >= 0.6 is 0 Å². The Morgan fingerprint density at radius 1 is 1.25 bits per heavy atom. The first kappa shape index (κ1) is 8.55. The summed E-state index contributed by atoms with van der Waals surface area (Å²) in [6.45, 7) is 5.74. The van der Waals surface area contributed by atoms with Gasteiger partial charge in [-0.3, -0.25) is 0 Å². The summed E-state index contributed by atoms with van der Waals surface area (Å²) in [6.07, 6.45) is 7.34. The minimum absolute atomic E-state index is 0.769. The van der Waals surface area contributed by atoms with E-state index in [-0.39, 0.29) is 0 Å². The highest BCUT2D eigenvalue weighted by atomic mass is 15.0. The molecular formula is C11H21N. The Kier molecular flexibility index (Phi) is 2.16. The van der Waals surface area contributed by atoms with Crippen LogP contribution in [0.4, 0.5) is 0 Å². The molecule has 3 atom stereocenters. The van der Waals surface area contributed by atoms with Crippen LogP contribution in [0.25, 0.3) is 0 Å². The summed E-state index contributed by atoms with van der Waals surface area (Å²) in [6, 6.07) is 0.876. The molecule has 0 saturated heterocycles. The number of hydrogen-bond donors (Lipinski definition) is 1. The van der Waals surface area contributed by atoms with Crippen molar-refractivity contribution >= 4 is 0 Å². The van der Waals surface area contributed by atoms with Crippen LogP contribution in [0.3, 0.4) is 0 Å². The Morgan fingerprint density at radius 3 is 2.33 bits per heavy atom. The van der Waals surface area contributed by atoms with Crippen LogP contribution in [0, 0.1) is 11.3 Å². The fourth-order valence-corrected chi connectivity index (χ4v) is 3.33. The zero-order chi connectivity index (χ0) is 8.60. The molecule has 0 heterocycles. The van der Waals surface area contributed by atoms with Gasteiger partial charge in [0, 0.05) is 6.04 Å². The summed E-state index contributed by atoms with van der Waals surface area (Å²) in [5.41, 5.74) is 0.769. The van der Waals surface area contributed by atoms with Crippen molar-refractivity contribution in [1.29, 1.82) is 0 Å². The number of rotatable bonds is 3. The molecule has 1 spiro atoms. The quantitative estimate of drug-likeness (QED) is 0.681. The molecule has 1 N–H and O–H groups in total. The zero-order valence-electron chi connectivity index (χ0n) is 8.40. The van der Waals surface area contributed by atoms with Gasteiger partial charge in [0.15, 0.2) is 0 Å². The molecule has 0 aromatic rings. The Bertz CT molecular complexity index is 160. The summed E-state index contributed by atoms with van der Waals surface area (Å²) >= 11 is 0. The first-order valence-corrected chi connectivity index (χ1v) is 5.57. The van der Waals surface area contributed by atoms with Gasteiger partial charge in [0.25, 0.3) is 0 Å². The van der Waals surface area contributed by atoms with E-state index in [1.165, 1.54) is 32.1 Å². The van der Waals surface area contributed by atoms with E-state index in [1.54, 1.807) is 0 Å². The lowest BCUT2D eigenvalue weighted by molar-refractivity contribution is -0.0857. The molecule has 0 amide bonds. The highest BCUT2D eigenvalue weighted by molar-refractivity contribution is 5.09. The lowest BCUT2D eigenvalue weighted by Gasteiger charge is -2.61. The predicted molar refractivity (Wildman–Crippen MR) is 52.1 cm³/mol. The van der Waals surface area contributed by atoms with Crippen LogP contribution in [-0.4, -0.2) is 12.6 Å². The first-order chi connectivity index (χ1) is 5.83. The van der Waals surface area contributed by atoms with Gasteiger partial charge in [-0.1, -0.05) is 20.3 Å². The molecular weight excluding hydrogens is 146 g/mol. The molecule has 0 bridgehead atoms. The van der Waals surface area contributed by atoms with Crippen molar-refractivity contribution in [3.8, 4) is 0 Å². The molecule has 2 aliphatic rings. The minimum atomic E-state index is 0.769. The van der Waals surface area contributed by atoms with Crippen LogP contribution in [-0.2, 0) is 0 Å². The third-order valence-corrected chi connectivity index (χ3v) is 4.31. The Hall–Kier alpha value is -0.0400. The van der Waals surface area contributed by atoms with Crippen molar-refractivity contribution in [2.75, 3.05) is 6.54 Å². The van der Waals surface area contributed by atoms with Gasteiger partial charge in [-0.05, 0) is 43.6 Å². The van der Waals surface area contributed by atoms with Crippen molar-refractivity contribution < 1.29 is 0 Å². The van der Waals surface area contributed by atoms with Gasteiger partial charge in [-0.2, -0.15) is 0 Å². The maximum absolute atomic E-state index is 3.64. The van der Waals surface area contributed by atoms with Crippen LogP contribution in [0.1, 0.15) is 46.0 Å². The molecule has 2 aliphatic carbocycles. The molecule has 0 aromatic carbocycles. The van der Waals surface area contributed by atoms with Crippen LogP contribution in [0.2, 0.25) is 0 Å². The van der Waals surface area contributed by atoms with Gasteiger partial charge in [0.2, 0.25) is 0 Å². The fraction of sp³-hybridized carbons (Fsp3) is 1.00. The molecule has 1 heteroatoms. The second kappa shape index (κ2) is 3.02. The van der Waals surface area contributed by atoms with Gasteiger partial charge < -0.3 is 5.32 Å². The second-order valence-corrected chi connectivity index (χ2v) is 4.53. The lowest BCUT2D eigenvalue weighted by Crippen LogP contribution is -2.61. The topological polar surface area (TPSA) is 12.0 Å². The summed E-state index contributed by atoms with van der Waals surface area (Å²) in [7, 11) is 0. The predicted octanol–water partition coefficient (Wildman–Crippen LogP) is 2.56. The average molecular weight is 167 g/mol. The molecule has 2 fully saturated rings. The Balaban J connectivity index is 1.93. The molecule has 12 heavy (non-hydrogen) atoms. The van der Waals surface area contributed by atoms with E-state index < -0.39 is 0 Å². The van der Waals surface area contributed by atoms with Gasteiger partial charge in [-0.15, -0.1) is 0 Å². The van der Waals surface area contributed by atoms with E-state index in [0.29, 0.717) is 0 Å². The van der Waals surface area contributed by atoms with Crippen molar-refractivity contribution in [3.05, 3.63) is 0 Å². The average Bonchev–Trinajstić information content (AvgIpc) is 1.97. The Morgan fingerprint density at radius 2 is 2.00 bits per heavy atom. The number of hydrogen-bond acceptors (Lipinski definition) is 1. The van der Waals surface area contributed by atoms with Crippen molar-refractivity contribution in [3.63, 3.8) is 0 Å². The highest BCUT2D eigenvalue weighted by Crippen LogP contribution is 2.60. The van der Waals surface area contributed by atoms with Gasteiger partial charge in [0.1, 0.15) is 0 Å². The van der Waals surface area contributed by atoms with Gasteiger partial charge in [0.05, 0.1) is 0 Å². The maximum atomic E-state index is 3.64. The van der Waals surface area contributed by atoms with E-state index in [2.05, 4.69) is 19.2 Å². The van der Waals surface area contributed by atoms with Crippen molar-refractivity contribution in [2.45, 2.75) is 52.0 Å². The molecule has 2 rings (SSSR count). The first-order valence-electron chi connectivity index (χ1n) is 5.57. The minimum Gasteiger partial charge on any atom is -0.314 e. The lowest BCUT2D eigenvalue weighted by atomic mass is 9.46. The largest absolute Gasteiger partial charge is 0.314 e. The highest BCUT2D eigenvalue weighted by Gasteiger charge is 2.55. The molecule has 1 nitrogen and oxygen atoms in total. The maximum Gasteiger partial charge on any atom is 0.0126 e. The van der Waals surface area contributed by atoms with E-state index in [1.807, 2.05) is 0 Å². The van der Waals surface area contributed by atoms with E-state index in [4.69, 9.17) is 0 Å². The normalized spacial score (nSPS) is 45.5. The summed E-state index contributed by atoms with van der Waals surface area (Å²) < 4.78 is 0. The third-order valence-electron chi connectivity index (χ3n) is 4.31. The molecule has 3 unspecified atom stereocenters. The second-order valence-electron chi connectivity index (χ2n) is 4.53. The summed E-state index contributed by atoms with van der Waals surface area (Å²) in [5.74, 6) is 1.05. The molecule has 0 aliphatic heterocycles. The van der Waals surface area contributed by atoms with Crippen molar-refractivity contribution in [2.24, 2.45) is 11.3 Å². The molecule has 0 radical (unpaired) electrons. The Labute approximate surface area is 75.9 Å². The van der Waals surface area contributed by atoms with E-state index in [0.717, 1.165) is 23.9 Å². The standard InChI is InChI=1S/C11H21N/c1-3-9-5-7-11(9)8-6-10(11)12-4-2/h9-10,12H,3-8H2,1-2H3. The number of nitrogens with one attached hydrogen (secondary N) is 1. The van der Waals surface area contributed by atoms with Gasteiger partial charge in [-0.25, -0.2) is 0 Å². The monoisotopic (exact) mass is 167 g/mol.